The molecule has 1 aromatic carbocycles. The number of rotatable bonds is 5. The molecule has 0 radical (unpaired) electrons. The van der Waals surface area contributed by atoms with E-state index < -0.39 is 33.6 Å². The van der Waals surface area contributed by atoms with Gasteiger partial charge in [-0.25, -0.2) is 8.42 Å². The van der Waals surface area contributed by atoms with Crippen LogP contribution < -0.4 is 9.46 Å². The monoisotopic (exact) mass is 474 g/mol. The number of benzene rings is 1. The van der Waals surface area contributed by atoms with Gasteiger partial charge in [0.2, 0.25) is 0 Å². The average molecular weight is 475 g/mol. The summed E-state index contributed by atoms with van der Waals surface area (Å²) in [6, 6.07) is 4.01. The third-order valence-corrected chi connectivity index (χ3v) is 7.23. The number of thiophene rings is 1. The maximum atomic E-state index is 13.3. The van der Waals surface area contributed by atoms with Gasteiger partial charge in [-0.3, -0.25) is 4.72 Å². The van der Waals surface area contributed by atoms with E-state index in [1.807, 2.05) is 11.9 Å². The summed E-state index contributed by atoms with van der Waals surface area (Å²) in [6.45, 7) is 1.19. The van der Waals surface area contributed by atoms with Gasteiger partial charge >= 0.3 is 6.18 Å². The zero-order valence-corrected chi connectivity index (χ0v) is 17.5. The third-order valence-electron chi connectivity index (χ3n) is 4.10. The van der Waals surface area contributed by atoms with Crippen LogP contribution >= 0.6 is 34.5 Å². The van der Waals surface area contributed by atoms with Gasteiger partial charge in [0, 0.05) is 19.2 Å². The second-order valence-electron chi connectivity index (χ2n) is 6.29. The standard InChI is InChI=1S/C16H15Cl2F3N2O3S2/c1-23-5-4-10(8-23)26-12-6-9(2-3-11(12)16(19,20)21)22-28(24,25)13-7-14(17)27-15(13)18/h2-3,6-7,10,22H,4-5,8H2,1H3/t10-/m1/s1. The fourth-order valence-corrected chi connectivity index (χ4v) is 6.01. The fourth-order valence-electron chi connectivity index (χ4n) is 2.81. The minimum absolute atomic E-state index is 0.0464. The van der Waals surface area contributed by atoms with Crippen molar-refractivity contribution in [2.45, 2.75) is 23.6 Å². The van der Waals surface area contributed by atoms with E-state index in [0.717, 1.165) is 29.5 Å². The first-order valence-corrected chi connectivity index (χ1v) is 11.1. The van der Waals surface area contributed by atoms with Gasteiger partial charge in [-0.2, -0.15) is 13.2 Å². The average Bonchev–Trinajstić information content (AvgIpc) is 3.11. The molecule has 2 heterocycles. The lowest BCUT2D eigenvalue weighted by Crippen LogP contribution is -2.23. The van der Waals surface area contributed by atoms with E-state index >= 15 is 0 Å². The van der Waals surface area contributed by atoms with Crippen LogP contribution in [-0.4, -0.2) is 39.6 Å². The second-order valence-corrected chi connectivity index (χ2v) is 10.2. The second kappa shape index (κ2) is 7.91. The third kappa shape index (κ3) is 4.85. The SMILES string of the molecule is CN1CC[C@@H](Oc2cc(NS(=O)(=O)c3cc(Cl)sc3Cl)ccc2C(F)(F)F)C1. The summed E-state index contributed by atoms with van der Waals surface area (Å²) >= 11 is 12.5. The Kier molecular flexibility index (Phi) is 6.07. The lowest BCUT2D eigenvalue weighted by Gasteiger charge is -2.19. The molecule has 0 spiro atoms. The topological polar surface area (TPSA) is 58.6 Å². The number of halogens is 5. The van der Waals surface area contributed by atoms with Crippen LogP contribution in [0.2, 0.25) is 8.67 Å². The predicted octanol–water partition coefficient (Wildman–Crippen LogP) is 4.96. The number of likely N-dealkylation sites (tertiary alicyclic amines) is 1. The lowest BCUT2D eigenvalue weighted by atomic mass is 10.1. The quantitative estimate of drug-likeness (QED) is 0.665. The summed E-state index contributed by atoms with van der Waals surface area (Å²) in [5.41, 5.74) is -1.05. The molecule has 1 aliphatic rings. The number of hydrogen-bond acceptors (Lipinski definition) is 5. The molecule has 28 heavy (non-hydrogen) atoms. The summed E-state index contributed by atoms with van der Waals surface area (Å²) < 4.78 is 72.9. The summed E-state index contributed by atoms with van der Waals surface area (Å²) in [7, 11) is -2.28. The highest BCUT2D eigenvalue weighted by molar-refractivity contribution is 7.93. The first kappa shape index (κ1) is 21.5. The highest BCUT2D eigenvalue weighted by Gasteiger charge is 2.36. The largest absolute Gasteiger partial charge is 0.488 e. The Balaban J connectivity index is 1.91. The lowest BCUT2D eigenvalue weighted by molar-refractivity contribution is -0.139. The number of likely N-dealkylation sites (N-methyl/N-ethyl adjacent to an activating group) is 1. The molecule has 12 heteroatoms. The van der Waals surface area contributed by atoms with E-state index in [9.17, 15) is 21.6 Å². The number of alkyl halides is 3. The van der Waals surface area contributed by atoms with Crippen LogP contribution in [0.25, 0.3) is 0 Å². The van der Waals surface area contributed by atoms with E-state index in [1.54, 1.807) is 0 Å². The predicted molar refractivity (Wildman–Crippen MR) is 103 cm³/mol. The maximum absolute atomic E-state index is 13.3. The van der Waals surface area contributed by atoms with Crippen LogP contribution in [0.4, 0.5) is 18.9 Å². The Morgan fingerprint density at radius 2 is 2.00 bits per heavy atom. The Morgan fingerprint density at radius 3 is 2.54 bits per heavy atom. The Morgan fingerprint density at radius 1 is 1.29 bits per heavy atom. The van der Waals surface area contributed by atoms with Crippen molar-refractivity contribution in [1.82, 2.24) is 4.90 Å². The van der Waals surface area contributed by atoms with Crippen molar-refractivity contribution >= 4 is 50.2 Å². The number of anilines is 1. The molecule has 3 rings (SSSR count). The van der Waals surface area contributed by atoms with Gasteiger partial charge in [-0.05, 0) is 31.7 Å². The Bertz CT molecular complexity index is 980. The van der Waals surface area contributed by atoms with Crippen LogP contribution in [0.15, 0.2) is 29.2 Å². The van der Waals surface area contributed by atoms with Gasteiger partial charge in [-0.15, -0.1) is 11.3 Å². The molecule has 5 nitrogen and oxygen atoms in total. The van der Waals surface area contributed by atoms with Gasteiger partial charge in [0.05, 0.1) is 15.6 Å². The summed E-state index contributed by atoms with van der Waals surface area (Å²) in [6.07, 6.45) is -4.48. The van der Waals surface area contributed by atoms with Crippen molar-refractivity contribution in [3.8, 4) is 5.75 Å². The van der Waals surface area contributed by atoms with Gasteiger partial charge < -0.3 is 9.64 Å². The molecule has 0 bridgehead atoms. The molecule has 0 aliphatic carbocycles. The first-order chi connectivity index (χ1) is 13.0. The van der Waals surface area contributed by atoms with Crippen molar-refractivity contribution in [2.24, 2.45) is 0 Å². The van der Waals surface area contributed by atoms with Crippen LogP contribution in [0.5, 0.6) is 5.75 Å². The van der Waals surface area contributed by atoms with Crippen LogP contribution in [0.3, 0.4) is 0 Å². The molecular weight excluding hydrogens is 460 g/mol. The summed E-state index contributed by atoms with van der Waals surface area (Å²) in [4.78, 5) is 1.69. The maximum Gasteiger partial charge on any atom is 0.419 e. The molecule has 1 aliphatic heterocycles. The van der Waals surface area contributed by atoms with Gasteiger partial charge in [-0.1, -0.05) is 23.2 Å². The van der Waals surface area contributed by atoms with Crippen molar-refractivity contribution in [2.75, 3.05) is 24.9 Å². The van der Waals surface area contributed by atoms with Crippen molar-refractivity contribution in [1.29, 1.82) is 0 Å². The van der Waals surface area contributed by atoms with Crippen molar-refractivity contribution < 1.29 is 26.3 Å². The summed E-state index contributed by atoms with van der Waals surface area (Å²) in [5.74, 6) is -0.428. The summed E-state index contributed by atoms with van der Waals surface area (Å²) in [5, 5.41) is 0. The number of ether oxygens (including phenoxy) is 1. The number of sulfonamides is 1. The van der Waals surface area contributed by atoms with Crippen LogP contribution in [-0.2, 0) is 16.2 Å². The smallest absolute Gasteiger partial charge is 0.419 e. The molecule has 154 valence electrons. The van der Waals surface area contributed by atoms with E-state index in [-0.39, 0.29) is 19.3 Å². The van der Waals surface area contributed by atoms with E-state index in [1.165, 1.54) is 6.07 Å². The number of hydrogen-bond donors (Lipinski definition) is 1. The van der Waals surface area contributed by atoms with E-state index in [2.05, 4.69) is 4.72 Å². The van der Waals surface area contributed by atoms with Gasteiger partial charge in [0.15, 0.2) is 0 Å². The minimum atomic E-state index is -4.64. The first-order valence-electron chi connectivity index (χ1n) is 8.00. The molecule has 0 amide bonds. The molecule has 2 aromatic rings. The van der Waals surface area contributed by atoms with Crippen LogP contribution in [0, 0.1) is 0 Å². The van der Waals surface area contributed by atoms with E-state index in [4.69, 9.17) is 27.9 Å². The molecule has 0 unspecified atom stereocenters. The zero-order valence-electron chi connectivity index (χ0n) is 14.4. The van der Waals surface area contributed by atoms with Crippen molar-refractivity contribution in [3.05, 3.63) is 38.5 Å². The number of nitrogens with one attached hydrogen (secondary N) is 1. The van der Waals surface area contributed by atoms with E-state index in [0.29, 0.717) is 19.5 Å². The minimum Gasteiger partial charge on any atom is -0.488 e. The highest BCUT2D eigenvalue weighted by atomic mass is 35.5. The van der Waals surface area contributed by atoms with Crippen molar-refractivity contribution in [3.63, 3.8) is 0 Å². The molecule has 1 fully saturated rings. The Hall–Kier alpha value is -1.20. The fraction of sp³-hybridized carbons (Fsp3) is 0.375. The number of nitrogens with zero attached hydrogens (tertiary/aromatic N) is 1. The molecule has 1 atom stereocenters. The molecule has 1 N–H and O–H groups in total. The highest BCUT2D eigenvalue weighted by Crippen LogP contribution is 2.40. The normalized spacial score (nSPS) is 18.4. The molecule has 1 saturated heterocycles. The molecule has 0 saturated carbocycles. The Labute approximate surface area is 174 Å². The van der Waals surface area contributed by atoms with Crippen LogP contribution in [0.1, 0.15) is 12.0 Å². The van der Waals surface area contributed by atoms with Gasteiger partial charge in [0.1, 0.15) is 21.1 Å². The van der Waals surface area contributed by atoms with Gasteiger partial charge in [0.25, 0.3) is 10.0 Å². The molecule has 1 aromatic heterocycles. The zero-order chi connectivity index (χ0) is 20.7. The molecular formula is C16H15Cl2F3N2O3S2.